The molecule has 0 spiro atoms. The van der Waals surface area contributed by atoms with Crippen molar-refractivity contribution in [3.05, 3.63) is 42.0 Å². The summed E-state index contributed by atoms with van der Waals surface area (Å²) in [7, 11) is 1.98. The third kappa shape index (κ3) is 2.47. The highest BCUT2D eigenvalue weighted by atomic mass is 32.1. The molecule has 1 aliphatic carbocycles. The maximum Gasteiger partial charge on any atom is 0.194 e. The topological polar surface area (TPSA) is 47.1 Å². The van der Waals surface area contributed by atoms with E-state index < -0.39 is 0 Å². The van der Waals surface area contributed by atoms with Gasteiger partial charge in [0.1, 0.15) is 0 Å². The summed E-state index contributed by atoms with van der Waals surface area (Å²) >= 11 is 1.79. The van der Waals surface area contributed by atoms with Crippen LogP contribution in [0.5, 0.6) is 0 Å². The first kappa shape index (κ1) is 15.8. The summed E-state index contributed by atoms with van der Waals surface area (Å²) in [4.78, 5) is 7.38. The van der Waals surface area contributed by atoms with Crippen molar-refractivity contribution in [3.8, 4) is 10.4 Å². The van der Waals surface area contributed by atoms with Crippen LogP contribution in [0.1, 0.15) is 30.0 Å². The predicted octanol–water partition coefficient (Wildman–Crippen LogP) is 3.97. The maximum absolute atomic E-state index is 5.00. The third-order valence-corrected chi connectivity index (χ3v) is 7.49. The lowest BCUT2D eigenvalue weighted by Crippen LogP contribution is -2.11. The molecule has 6 heteroatoms. The van der Waals surface area contributed by atoms with Gasteiger partial charge in [0, 0.05) is 36.9 Å². The number of benzene rings is 1. The van der Waals surface area contributed by atoms with Crippen molar-refractivity contribution < 1.29 is 0 Å². The van der Waals surface area contributed by atoms with Gasteiger partial charge in [0.2, 0.25) is 0 Å². The molecule has 4 aromatic rings. The van der Waals surface area contributed by atoms with Gasteiger partial charge in [0.05, 0.1) is 16.1 Å². The van der Waals surface area contributed by atoms with E-state index in [0.29, 0.717) is 5.92 Å². The first-order chi connectivity index (χ1) is 13.1. The molecule has 138 valence electrons. The van der Waals surface area contributed by atoms with Gasteiger partial charge < -0.3 is 5.32 Å². The van der Waals surface area contributed by atoms with Crippen molar-refractivity contribution in [1.29, 1.82) is 0 Å². The smallest absolute Gasteiger partial charge is 0.194 e. The van der Waals surface area contributed by atoms with Gasteiger partial charge in [-0.15, -0.1) is 0 Å². The fraction of sp³-hybridized carbons (Fsp3) is 0.429. The minimum Gasteiger partial charge on any atom is -0.316 e. The first-order valence-corrected chi connectivity index (χ1v) is 10.6. The molecule has 2 atom stereocenters. The van der Waals surface area contributed by atoms with Crippen molar-refractivity contribution in [2.75, 3.05) is 13.1 Å². The number of nitrogens with one attached hydrogen (secondary N) is 1. The van der Waals surface area contributed by atoms with E-state index in [1.54, 1.807) is 11.3 Å². The Morgan fingerprint density at radius 2 is 1.93 bits per heavy atom. The molecule has 5 nitrogen and oxygen atoms in total. The average Bonchev–Trinajstić information content (AvgIpc) is 3.38. The van der Waals surface area contributed by atoms with E-state index in [2.05, 4.69) is 52.5 Å². The summed E-state index contributed by atoms with van der Waals surface area (Å²) < 4.78 is 4.12. The lowest BCUT2D eigenvalue weighted by Gasteiger charge is -2.07. The lowest BCUT2D eigenvalue weighted by atomic mass is 10.0. The highest BCUT2D eigenvalue weighted by Crippen LogP contribution is 2.44. The number of rotatable bonds is 2. The van der Waals surface area contributed by atoms with E-state index in [1.165, 1.54) is 53.0 Å². The number of aryl methyl sites for hydroxylation is 2. The Hall–Kier alpha value is -2.18. The summed E-state index contributed by atoms with van der Waals surface area (Å²) in [6, 6.07) is 4.49. The number of imidazole rings is 1. The second-order valence-electron chi connectivity index (χ2n) is 8.33. The molecule has 2 fully saturated rings. The van der Waals surface area contributed by atoms with Gasteiger partial charge in [-0.25, -0.2) is 4.98 Å². The summed E-state index contributed by atoms with van der Waals surface area (Å²) in [5.41, 5.74) is 4.86. The molecule has 1 saturated heterocycles. The van der Waals surface area contributed by atoms with Crippen LogP contribution >= 0.6 is 11.3 Å². The van der Waals surface area contributed by atoms with Crippen molar-refractivity contribution in [1.82, 2.24) is 24.5 Å². The predicted molar refractivity (Wildman–Crippen MR) is 109 cm³/mol. The Labute approximate surface area is 162 Å². The van der Waals surface area contributed by atoms with E-state index in [1.807, 2.05) is 11.7 Å². The van der Waals surface area contributed by atoms with E-state index in [9.17, 15) is 0 Å². The minimum atomic E-state index is 0.645. The molecule has 1 aliphatic heterocycles. The standard InChI is InChI=1S/C21H23N5S/c1-12-3-14(6-17-9-25(2)24-20(12)17)19-11-26-10-18(23-21(26)27-19)13-4-15-7-22-8-16(15)5-13/h3,6,9-11,13,15-16,22H,4-5,7-8H2,1-2H3. The fourth-order valence-electron chi connectivity index (χ4n) is 5.12. The average molecular weight is 378 g/mol. The normalized spacial score (nSPS) is 25.0. The summed E-state index contributed by atoms with van der Waals surface area (Å²) in [5.74, 6) is 2.37. The number of hydrogen-bond acceptors (Lipinski definition) is 4. The Morgan fingerprint density at radius 3 is 2.70 bits per heavy atom. The molecule has 1 aromatic carbocycles. The fourth-order valence-corrected chi connectivity index (χ4v) is 6.08. The van der Waals surface area contributed by atoms with Gasteiger partial charge in [-0.3, -0.25) is 9.08 Å². The van der Waals surface area contributed by atoms with Crippen molar-refractivity contribution >= 4 is 27.2 Å². The van der Waals surface area contributed by atoms with Crippen LogP contribution in [0.25, 0.3) is 26.3 Å². The largest absolute Gasteiger partial charge is 0.316 e. The van der Waals surface area contributed by atoms with Crippen molar-refractivity contribution in [3.63, 3.8) is 0 Å². The van der Waals surface area contributed by atoms with Gasteiger partial charge in [0.25, 0.3) is 0 Å². The Bertz CT molecular complexity index is 1120. The highest BCUT2D eigenvalue weighted by Gasteiger charge is 2.38. The first-order valence-electron chi connectivity index (χ1n) is 9.77. The van der Waals surface area contributed by atoms with Crippen LogP contribution in [0.3, 0.4) is 0 Å². The summed E-state index contributed by atoms with van der Waals surface area (Å²) in [5, 5.41) is 9.29. The number of fused-ring (bicyclic) bond motifs is 3. The van der Waals surface area contributed by atoms with Gasteiger partial charge in [-0.2, -0.15) is 5.10 Å². The van der Waals surface area contributed by atoms with Crippen molar-refractivity contribution in [2.24, 2.45) is 18.9 Å². The number of thiazole rings is 1. The minimum absolute atomic E-state index is 0.645. The van der Waals surface area contributed by atoms with Crippen molar-refractivity contribution in [2.45, 2.75) is 25.7 Å². The SMILES string of the molecule is Cc1cc(-c2cn3cc(C4CC5CNCC5C4)nc3s2)cc2cn(C)nc12. The molecule has 2 unspecified atom stereocenters. The molecule has 6 rings (SSSR count). The quantitative estimate of drug-likeness (QED) is 0.575. The zero-order valence-corrected chi connectivity index (χ0v) is 16.5. The highest BCUT2D eigenvalue weighted by molar-refractivity contribution is 7.20. The van der Waals surface area contributed by atoms with Gasteiger partial charge in [-0.1, -0.05) is 11.3 Å². The molecule has 0 amide bonds. The molecule has 0 radical (unpaired) electrons. The zero-order valence-electron chi connectivity index (χ0n) is 15.6. The van der Waals surface area contributed by atoms with E-state index >= 15 is 0 Å². The monoisotopic (exact) mass is 377 g/mol. The Morgan fingerprint density at radius 1 is 1.11 bits per heavy atom. The van der Waals surface area contributed by atoms with E-state index in [-0.39, 0.29) is 0 Å². The molecule has 27 heavy (non-hydrogen) atoms. The third-order valence-electron chi connectivity index (χ3n) is 6.45. The second-order valence-corrected chi connectivity index (χ2v) is 9.34. The molecule has 1 saturated carbocycles. The van der Waals surface area contributed by atoms with Gasteiger partial charge >= 0.3 is 0 Å². The number of aromatic nitrogens is 4. The number of nitrogens with zero attached hydrogens (tertiary/aromatic N) is 4. The zero-order chi connectivity index (χ0) is 18.1. The maximum atomic E-state index is 5.00. The van der Waals surface area contributed by atoms with Crippen LogP contribution in [0.2, 0.25) is 0 Å². The lowest BCUT2D eigenvalue weighted by molar-refractivity contribution is 0.494. The number of hydrogen-bond donors (Lipinski definition) is 1. The van der Waals surface area contributed by atoms with Crippen LogP contribution < -0.4 is 5.32 Å². The Balaban J connectivity index is 1.34. The molecule has 1 N–H and O–H groups in total. The summed E-state index contributed by atoms with van der Waals surface area (Å²) in [6.07, 6.45) is 9.20. The molecule has 0 bridgehead atoms. The molecule has 4 heterocycles. The van der Waals surface area contributed by atoms with Gasteiger partial charge in [-0.05, 0) is 68.0 Å². The molecular formula is C21H23N5S. The summed E-state index contributed by atoms with van der Waals surface area (Å²) in [6.45, 7) is 4.54. The van der Waals surface area contributed by atoms with Crippen LogP contribution in [0.4, 0.5) is 0 Å². The molecule has 3 aromatic heterocycles. The van der Waals surface area contributed by atoms with Crippen LogP contribution in [-0.4, -0.2) is 32.3 Å². The van der Waals surface area contributed by atoms with E-state index in [0.717, 1.165) is 22.3 Å². The molecule has 2 aliphatic rings. The van der Waals surface area contributed by atoms with Gasteiger partial charge in [0.15, 0.2) is 4.96 Å². The van der Waals surface area contributed by atoms with E-state index in [4.69, 9.17) is 4.98 Å². The molecular weight excluding hydrogens is 354 g/mol. The second kappa shape index (κ2) is 5.66. The van der Waals surface area contributed by atoms with Crippen LogP contribution in [0.15, 0.2) is 30.7 Å². The Kier molecular flexibility index (Phi) is 3.32. The van der Waals surface area contributed by atoms with Crippen LogP contribution in [-0.2, 0) is 7.05 Å². The van der Waals surface area contributed by atoms with Crippen LogP contribution in [0, 0.1) is 18.8 Å².